The molecule has 0 saturated carbocycles. The fourth-order valence-electron chi connectivity index (χ4n) is 0.802. The highest BCUT2D eigenvalue weighted by molar-refractivity contribution is 5.75. The average Bonchev–Trinajstić information content (AvgIpc) is 1.87. The van der Waals surface area contributed by atoms with Gasteiger partial charge in [-0.3, -0.25) is 0 Å². The van der Waals surface area contributed by atoms with E-state index in [1.165, 1.54) is 0 Å². The van der Waals surface area contributed by atoms with Gasteiger partial charge in [-0.05, 0) is 33.7 Å². The van der Waals surface area contributed by atoms with Crippen molar-refractivity contribution in [2.24, 2.45) is 0 Å². The Labute approximate surface area is 63.0 Å². The molecule has 0 amide bonds. The summed E-state index contributed by atoms with van der Waals surface area (Å²) in [4.78, 5) is 10.5. The molecule has 0 aliphatic carbocycles. The molecule has 0 heterocycles. The van der Waals surface area contributed by atoms with Gasteiger partial charge < -0.3 is 10.1 Å². The van der Waals surface area contributed by atoms with Crippen molar-refractivity contribution >= 4 is 5.78 Å². The zero-order valence-electron chi connectivity index (χ0n) is 7.11. The summed E-state index contributed by atoms with van der Waals surface area (Å²) in [6, 6.07) is 0.541. The minimum Gasteiger partial charge on any atom is -0.317 e. The second-order valence-electron chi connectivity index (χ2n) is 2.78. The van der Waals surface area contributed by atoms with E-state index in [2.05, 4.69) is 12.2 Å². The van der Waals surface area contributed by atoms with Crippen LogP contribution in [0.2, 0.25) is 0 Å². The monoisotopic (exact) mass is 143 g/mol. The lowest BCUT2D eigenvalue weighted by Gasteiger charge is -2.07. The Hall–Kier alpha value is -0.370. The van der Waals surface area contributed by atoms with Crippen molar-refractivity contribution < 1.29 is 4.79 Å². The minimum absolute atomic E-state index is 0.295. The molecular weight excluding hydrogens is 126 g/mol. The molecule has 0 aromatic carbocycles. The number of carbonyl (C=O) groups excluding carboxylic acids is 1. The van der Waals surface area contributed by atoms with Crippen LogP contribution in [0.4, 0.5) is 0 Å². The topological polar surface area (TPSA) is 29.1 Å². The van der Waals surface area contributed by atoms with Gasteiger partial charge in [-0.25, -0.2) is 0 Å². The summed E-state index contributed by atoms with van der Waals surface area (Å²) in [5.41, 5.74) is 0. The number of nitrogens with one attached hydrogen (secondary N) is 1. The molecule has 0 aromatic heterocycles. The molecule has 0 aromatic rings. The van der Waals surface area contributed by atoms with Crippen LogP contribution in [0.3, 0.4) is 0 Å². The van der Waals surface area contributed by atoms with Gasteiger partial charge in [-0.1, -0.05) is 0 Å². The SMILES string of the molecule is CNC(C)CCCC(C)=O. The van der Waals surface area contributed by atoms with E-state index in [-0.39, 0.29) is 0 Å². The van der Waals surface area contributed by atoms with Crippen LogP contribution in [-0.2, 0) is 4.79 Å². The van der Waals surface area contributed by atoms with Crippen LogP contribution in [-0.4, -0.2) is 18.9 Å². The first kappa shape index (κ1) is 9.63. The first-order valence-corrected chi connectivity index (χ1v) is 3.83. The van der Waals surface area contributed by atoms with E-state index in [0.717, 1.165) is 19.3 Å². The van der Waals surface area contributed by atoms with Gasteiger partial charge >= 0.3 is 0 Å². The van der Waals surface area contributed by atoms with Crippen LogP contribution in [0.1, 0.15) is 33.1 Å². The van der Waals surface area contributed by atoms with Crippen LogP contribution in [0.25, 0.3) is 0 Å². The predicted molar refractivity (Wildman–Crippen MR) is 43.1 cm³/mol. The predicted octanol–water partition coefficient (Wildman–Crippen LogP) is 1.35. The smallest absolute Gasteiger partial charge is 0.129 e. The first-order valence-electron chi connectivity index (χ1n) is 3.83. The van der Waals surface area contributed by atoms with E-state index in [0.29, 0.717) is 11.8 Å². The molecule has 2 heteroatoms. The summed E-state index contributed by atoms with van der Waals surface area (Å²) in [7, 11) is 1.94. The van der Waals surface area contributed by atoms with Crippen molar-refractivity contribution in [3.8, 4) is 0 Å². The molecule has 2 nitrogen and oxygen atoms in total. The summed E-state index contributed by atoms with van der Waals surface area (Å²) in [6.45, 7) is 3.77. The highest BCUT2D eigenvalue weighted by atomic mass is 16.1. The molecule has 0 aliphatic rings. The maximum Gasteiger partial charge on any atom is 0.129 e. The van der Waals surface area contributed by atoms with Crippen LogP contribution in [0, 0.1) is 0 Å². The Balaban J connectivity index is 3.11. The molecule has 10 heavy (non-hydrogen) atoms. The van der Waals surface area contributed by atoms with E-state index in [1.54, 1.807) is 6.92 Å². The number of rotatable bonds is 5. The van der Waals surface area contributed by atoms with E-state index in [9.17, 15) is 4.79 Å². The third kappa shape index (κ3) is 5.76. The third-order valence-corrected chi connectivity index (χ3v) is 1.66. The maximum atomic E-state index is 10.5. The van der Waals surface area contributed by atoms with E-state index in [4.69, 9.17) is 0 Å². The van der Waals surface area contributed by atoms with Crippen molar-refractivity contribution in [2.75, 3.05) is 7.05 Å². The molecule has 0 saturated heterocycles. The minimum atomic E-state index is 0.295. The van der Waals surface area contributed by atoms with Crippen molar-refractivity contribution in [3.63, 3.8) is 0 Å². The number of hydrogen-bond donors (Lipinski definition) is 1. The molecule has 60 valence electrons. The third-order valence-electron chi connectivity index (χ3n) is 1.66. The van der Waals surface area contributed by atoms with E-state index in [1.807, 2.05) is 7.05 Å². The molecule has 0 radical (unpaired) electrons. The summed E-state index contributed by atoms with van der Waals surface area (Å²) in [5.74, 6) is 0.295. The standard InChI is InChI=1S/C8H17NO/c1-7(9-3)5-4-6-8(2)10/h7,9H,4-6H2,1-3H3. The zero-order valence-corrected chi connectivity index (χ0v) is 7.11. The van der Waals surface area contributed by atoms with Gasteiger partial charge in [0.15, 0.2) is 0 Å². The Bertz CT molecular complexity index is 101. The molecule has 0 bridgehead atoms. The van der Waals surface area contributed by atoms with Gasteiger partial charge in [0.05, 0.1) is 0 Å². The van der Waals surface area contributed by atoms with Gasteiger partial charge in [0.25, 0.3) is 0 Å². The summed E-state index contributed by atoms with van der Waals surface area (Å²) in [6.07, 6.45) is 2.83. The first-order chi connectivity index (χ1) is 4.66. The van der Waals surface area contributed by atoms with Gasteiger partial charge in [-0.15, -0.1) is 0 Å². The largest absolute Gasteiger partial charge is 0.317 e. The van der Waals surface area contributed by atoms with E-state index >= 15 is 0 Å². The summed E-state index contributed by atoms with van der Waals surface area (Å²) >= 11 is 0. The normalized spacial score (nSPS) is 13.1. The van der Waals surface area contributed by atoms with Crippen LogP contribution in [0.5, 0.6) is 0 Å². The van der Waals surface area contributed by atoms with Gasteiger partial charge in [0.1, 0.15) is 5.78 Å². The second kappa shape index (κ2) is 5.42. The Morgan fingerprint density at radius 1 is 1.60 bits per heavy atom. The fraction of sp³-hybridized carbons (Fsp3) is 0.875. The molecule has 0 spiro atoms. The number of ketones is 1. The quantitative estimate of drug-likeness (QED) is 0.629. The highest BCUT2D eigenvalue weighted by Gasteiger charge is 1.98. The maximum absolute atomic E-state index is 10.5. The lowest BCUT2D eigenvalue weighted by Crippen LogP contribution is -2.20. The molecule has 0 fully saturated rings. The number of hydrogen-bond acceptors (Lipinski definition) is 2. The zero-order chi connectivity index (χ0) is 7.98. The fourth-order valence-corrected chi connectivity index (χ4v) is 0.802. The molecule has 0 rings (SSSR count). The van der Waals surface area contributed by atoms with Crippen LogP contribution in [0.15, 0.2) is 0 Å². The Morgan fingerprint density at radius 2 is 2.20 bits per heavy atom. The van der Waals surface area contributed by atoms with Crippen molar-refractivity contribution in [3.05, 3.63) is 0 Å². The number of carbonyl (C=O) groups is 1. The van der Waals surface area contributed by atoms with Crippen LogP contribution >= 0.6 is 0 Å². The Morgan fingerprint density at radius 3 is 2.60 bits per heavy atom. The molecule has 1 N–H and O–H groups in total. The highest BCUT2D eigenvalue weighted by Crippen LogP contribution is 1.99. The molecule has 1 unspecified atom stereocenters. The van der Waals surface area contributed by atoms with Crippen molar-refractivity contribution in [1.29, 1.82) is 0 Å². The summed E-state index contributed by atoms with van der Waals surface area (Å²) in [5, 5.41) is 3.13. The summed E-state index contributed by atoms with van der Waals surface area (Å²) < 4.78 is 0. The Kier molecular flexibility index (Phi) is 5.22. The molecular formula is C8H17NO. The van der Waals surface area contributed by atoms with Crippen LogP contribution < -0.4 is 5.32 Å². The second-order valence-corrected chi connectivity index (χ2v) is 2.78. The van der Waals surface area contributed by atoms with Crippen molar-refractivity contribution in [1.82, 2.24) is 5.32 Å². The lowest BCUT2D eigenvalue weighted by molar-refractivity contribution is -0.117. The lowest BCUT2D eigenvalue weighted by atomic mass is 10.1. The van der Waals surface area contributed by atoms with Gasteiger partial charge in [0, 0.05) is 12.5 Å². The molecule has 1 atom stereocenters. The van der Waals surface area contributed by atoms with E-state index < -0.39 is 0 Å². The van der Waals surface area contributed by atoms with Gasteiger partial charge in [-0.2, -0.15) is 0 Å². The van der Waals surface area contributed by atoms with Crippen molar-refractivity contribution in [2.45, 2.75) is 39.2 Å². The molecule has 0 aliphatic heterocycles. The van der Waals surface area contributed by atoms with Gasteiger partial charge in [0.2, 0.25) is 0 Å². The average molecular weight is 143 g/mol. The number of Topliss-reactive ketones (excluding diaryl/α,β-unsaturated/α-hetero) is 1.